The van der Waals surface area contributed by atoms with Gasteiger partial charge in [0.1, 0.15) is 6.04 Å². The SMILES string of the molecule is CC(CN(Cc1ccccn1)c1ccccc1)N=O. The van der Waals surface area contributed by atoms with E-state index in [1.807, 2.05) is 55.5 Å². The van der Waals surface area contributed by atoms with Crippen molar-refractivity contribution in [2.75, 3.05) is 11.4 Å². The van der Waals surface area contributed by atoms with Crippen LogP contribution in [0.15, 0.2) is 59.9 Å². The second kappa shape index (κ2) is 6.64. The third-order valence-electron chi connectivity index (χ3n) is 2.86. The number of nitrogens with zero attached hydrogens (tertiary/aromatic N) is 3. The van der Waals surface area contributed by atoms with Gasteiger partial charge in [0.15, 0.2) is 0 Å². The molecule has 0 spiro atoms. The maximum Gasteiger partial charge on any atom is 0.107 e. The fraction of sp³-hybridized carbons (Fsp3) is 0.267. The molecule has 2 aromatic rings. The molecule has 0 aliphatic carbocycles. The average Bonchev–Trinajstić information content (AvgIpc) is 2.48. The molecule has 2 rings (SSSR count). The summed E-state index contributed by atoms with van der Waals surface area (Å²) in [6, 6.07) is 15.6. The molecule has 0 aliphatic heterocycles. The third kappa shape index (κ3) is 3.88. The molecular weight excluding hydrogens is 238 g/mol. The monoisotopic (exact) mass is 255 g/mol. The van der Waals surface area contributed by atoms with Gasteiger partial charge in [-0.25, -0.2) is 0 Å². The van der Waals surface area contributed by atoms with E-state index in [4.69, 9.17) is 0 Å². The van der Waals surface area contributed by atoms with Gasteiger partial charge < -0.3 is 4.90 Å². The number of nitroso groups, excluding NO2 is 1. The molecule has 1 unspecified atom stereocenters. The van der Waals surface area contributed by atoms with Gasteiger partial charge in [0.2, 0.25) is 0 Å². The van der Waals surface area contributed by atoms with Crippen molar-refractivity contribution in [1.29, 1.82) is 0 Å². The zero-order valence-electron chi connectivity index (χ0n) is 10.9. The molecule has 0 aliphatic rings. The van der Waals surface area contributed by atoms with Crippen LogP contribution in [0.4, 0.5) is 5.69 Å². The van der Waals surface area contributed by atoms with E-state index in [1.54, 1.807) is 6.20 Å². The van der Waals surface area contributed by atoms with Gasteiger partial charge in [-0.05, 0) is 31.2 Å². The Morgan fingerprint density at radius 1 is 1.16 bits per heavy atom. The molecule has 0 amide bonds. The first-order valence-electron chi connectivity index (χ1n) is 6.32. The number of pyridine rings is 1. The first-order valence-corrected chi connectivity index (χ1v) is 6.32. The molecule has 0 fully saturated rings. The number of para-hydroxylation sites is 1. The Morgan fingerprint density at radius 2 is 1.89 bits per heavy atom. The van der Waals surface area contributed by atoms with Crippen LogP contribution < -0.4 is 4.90 Å². The van der Waals surface area contributed by atoms with E-state index >= 15 is 0 Å². The number of aromatic nitrogens is 1. The lowest BCUT2D eigenvalue weighted by Gasteiger charge is -2.25. The number of hydrogen-bond donors (Lipinski definition) is 0. The van der Waals surface area contributed by atoms with E-state index in [1.165, 1.54) is 0 Å². The number of anilines is 1. The zero-order valence-corrected chi connectivity index (χ0v) is 10.9. The molecule has 1 aromatic heterocycles. The predicted octanol–water partition coefficient (Wildman–Crippen LogP) is 3.24. The average molecular weight is 255 g/mol. The minimum Gasteiger partial charge on any atom is -0.363 e. The van der Waals surface area contributed by atoms with Gasteiger partial charge in [0, 0.05) is 18.4 Å². The van der Waals surface area contributed by atoms with Crippen LogP contribution in [-0.2, 0) is 6.54 Å². The van der Waals surface area contributed by atoms with Gasteiger partial charge in [0.05, 0.1) is 12.2 Å². The summed E-state index contributed by atoms with van der Waals surface area (Å²) in [7, 11) is 0. The Balaban J connectivity index is 2.17. The van der Waals surface area contributed by atoms with Crippen LogP contribution in [0.1, 0.15) is 12.6 Å². The molecule has 0 radical (unpaired) electrons. The summed E-state index contributed by atoms with van der Waals surface area (Å²) in [5.74, 6) is 0. The van der Waals surface area contributed by atoms with Gasteiger partial charge in [-0.3, -0.25) is 4.98 Å². The highest BCUT2D eigenvalue weighted by Crippen LogP contribution is 2.16. The maximum absolute atomic E-state index is 10.6. The number of benzene rings is 1. The minimum atomic E-state index is -0.246. The molecule has 0 saturated carbocycles. The van der Waals surface area contributed by atoms with Gasteiger partial charge >= 0.3 is 0 Å². The van der Waals surface area contributed by atoms with Crippen molar-refractivity contribution in [3.05, 3.63) is 65.3 Å². The molecule has 0 N–H and O–H groups in total. The molecular formula is C15H17N3O. The quantitative estimate of drug-likeness (QED) is 0.744. The molecule has 98 valence electrons. The van der Waals surface area contributed by atoms with E-state index < -0.39 is 0 Å². The van der Waals surface area contributed by atoms with E-state index in [0.717, 1.165) is 11.4 Å². The molecule has 0 saturated heterocycles. The first-order chi connectivity index (χ1) is 9.29. The van der Waals surface area contributed by atoms with Crippen molar-refractivity contribution in [3.8, 4) is 0 Å². The van der Waals surface area contributed by atoms with Crippen LogP contribution in [0, 0.1) is 4.91 Å². The Kier molecular flexibility index (Phi) is 4.61. The van der Waals surface area contributed by atoms with Crippen molar-refractivity contribution in [2.45, 2.75) is 19.5 Å². The summed E-state index contributed by atoms with van der Waals surface area (Å²) < 4.78 is 0. The lowest BCUT2D eigenvalue weighted by Crippen LogP contribution is -2.30. The summed E-state index contributed by atoms with van der Waals surface area (Å²) in [5.41, 5.74) is 2.05. The normalized spacial score (nSPS) is 11.8. The summed E-state index contributed by atoms with van der Waals surface area (Å²) in [5, 5.41) is 3.08. The van der Waals surface area contributed by atoms with E-state index in [-0.39, 0.29) is 6.04 Å². The van der Waals surface area contributed by atoms with Crippen LogP contribution in [0.2, 0.25) is 0 Å². The van der Waals surface area contributed by atoms with Gasteiger partial charge in [-0.1, -0.05) is 29.4 Å². The third-order valence-corrected chi connectivity index (χ3v) is 2.86. The Bertz CT molecular complexity index is 501. The van der Waals surface area contributed by atoms with Crippen LogP contribution in [0.25, 0.3) is 0 Å². The van der Waals surface area contributed by atoms with Gasteiger partial charge in [-0.2, -0.15) is 4.91 Å². The second-order valence-electron chi connectivity index (χ2n) is 4.49. The fourth-order valence-corrected chi connectivity index (χ4v) is 1.94. The number of rotatable bonds is 6. The summed E-state index contributed by atoms with van der Waals surface area (Å²) in [6.07, 6.45) is 1.78. The molecule has 1 aromatic carbocycles. The van der Waals surface area contributed by atoms with E-state index in [0.29, 0.717) is 13.1 Å². The van der Waals surface area contributed by atoms with E-state index in [9.17, 15) is 4.91 Å². The largest absolute Gasteiger partial charge is 0.363 e. The molecule has 4 heteroatoms. The standard InChI is InChI=1S/C15H17N3O/c1-13(17-19)11-18(15-8-3-2-4-9-15)12-14-7-5-6-10-16-14/h2-10,13H,11-12H2,1H3. The zero-order chi connectivity index (χ0) is 13.5. The van der Waals surface area contributed by atoms with Crippen molar-refractivity contribution in [1.82, 2.24) is 4.98 Å². The van der Waals surface area contributed by atoms with E-state index in [2.05, 4.69) is 15.1 Å². The molecule has 0 bridgehead atoms. The Labute approximate surface area is 113 Å². The Hall–Kier alpha value is -2.23. The minimum absolute atomic E-state index is 0.246. The maximum atomic E-state index is 10.6. The Morgan fingerprint density at radius 3 is 2.53 bits per heavy atom. The predicted molar refractivity (Wildman–Crippen MR) is 77.0 cm³/mol. The first kappa shape index (κ1) is 13.2. The van der Waals surface area contributed by atoms with Gasteiger partial charge in [-0.15, -0.1) is 0 Å². The van der Waals surface area contributed by atoms with Crippen LogP contribution in [0.5, 0.6) is 0 Å². The summed E-state index contributed by atoms with van der Waals surface area (Å²) >= 11 is 0. The fourth-order valence-electron chi connectivity index (χ4n) is 1.94. The lowest BCUT2D eigenvalue weighted by atomic mass is 10.2. The summed E-state index contributed by atoms with van der Waals surface area (Å²) in [4.78, 5) is 17.1. The second-order valence-corrected chi connectivity index (χ2v) is 4.49. The highest BCUT2D eigenvalue weighted by atomic mass is 16.3. The molecule has 1 atom stereocenters. The highest BCUT2D eigenvalue weighted by molar-refractivity contribution is 5.46. The molecule has 1 heterocycles. The van der Waals surface area contributed by atoms with Crippen LogP contribution >= 0.6 is 0 Å². The van der Waals surface area contributed by atoms with Gasteiger partial charge in [0.25, 0.3) is 0 Å². The van der Waals surface area contributed by atoms with Crippen LogP contribution in [-0.4, -0.2) is 17.6 Å². The van der Waals surface area contributed by atoms with Crippen molar-refractivity contribution in [3.63, 3.8) is 0 Å². The van der Waals surface area contributed by atoms with Crippen molar-refractivity contribution >= 4 is 5.69 Å². The van der Waals surface area contributed by atoms with Crippen molar-refractivity contribution in [2.24, 2.45) is 5.18 Å². The smallest absolute Gasteiger partial charge is 0.107 e. The van der Waals surface area contributed by atoms with Crippen molar-refractivity contribution < 1.29 is 0 Å². The molecule has 19 heavy (non-hydrogen) atoms. The number of hydrogen-bond acceptors (Lipinski definition) is 4. The van der Waals surface area contributed by atoms with Crippen LogP contribution in [0.3, 0.4) is 0 Å². The molecule has 4 nitrogen and oxygen atoms in total. The highest BCUT2D eigenvalue weighted by Gasteiger charge is 2.12. The lowest BCUT2D eigenvalue weighted by molar-refractivity contribution is 0.668. The topological polar surface area (TPSA) is 45.6 Å². The summed E-state index contributed by atoms with van der Waals surface area (Å²) in [6.45, 7) is 3.08.